The maximum Gasteiger partial charge on any atom is 0.231 e. The van der Waals surface area contributed by atoms with Crippen molar-refractivity contribution in [3.8, 4) is 5.75 Å². The molecule has 2 heterocycles. The molecule has 6 nitrogen and oxygen atoms in total. The molecule has 1 amide bonds. The number of rotatable bonds is 6. The van der Waals surface area contributed by atoms with E-state index in [4.69, 9.17) is 9.15 Å². The molecule has 0 fully saturated rings. The van der Waals surface area contributed by atoms with Gasteiger partial charge < -0.3 is 13.7 Å². The van der Waals surface area contributed by atoms with Crippen molar-refractivity contribution in [2.24, 2.45) is 0 Å². The number of para-hydroxylation sites is 2. The molecule has 0 aliphatic carbocycles. The van der Waals surface area contributed by atoms with E-state index < -0.39 is 0 Å². The van der Waals surface area contributed by atoms with E-state index in [-0.39, 0.29) is 12.3 Å². The molecule has 2 aromatic heterocycles. The number of nitrogens with one attached hydrogen (secondary N) is 1. The minimum atomic E-state index is -0.124. The minimum absolute atomic E-state index is 0.124. The van der Waals surface area contributed by atoms with Crippen LogP contribution in [0.4, 0.5) is 5.95 Å². The number of anilines is 1. The van der Waals surface area contributed by atoms with Gasteiger partial charge in [-0.05, 0) is 30.7 Å². The third kappa shape index (κ3) is 3.26. The van der Waals surface area contributed by atoms with Gasteiger partial charge in [-0.25, -0.2) is 4.98 Å². The third-order valence-electron chi connectivity index (χ3n) is 4.57. The zero-order chi connectivity index (χ0) is 18.8. The van der Waals surface area contributed by atoms with E-state index in [0.29, 0.717) is 11.5 Å². The zero-order valence-corrected chi connectivity index (χ0v) is 15.4. The van der Waals surface area contributed by atoms with E-state index in [2.05, 4.69) is 17.2 Å². The fourth-order valence-corrected chi connectivity index (χ4v) is 3.29. The van der Waals surface area contributed by atoms with E-state index in [1.54, 1.807) is 13.4 Å². The molecular weight excluding hydrogens is 342 g/mol. The van der Waals surface area contributed by atoms with Crippen LogP contribution in [0.3, 0.4) is 0 Å². The summed E-state index contributed by atoms with van der Waals surface area (Å²) in [6, 6.07) is 13.5. The van der Waals surface area contributed by atoms with Crippen LogP contribution >= 0.6 is 0 Å². The minimum Gasteiger partial charge on any atom is -0.497 e. The second-order valence-electron chi connectivity index (χ2n) is 6.42. The number of carbonyl (C=O) groups excluding carboxylic acids is 1. The van der Waals surface area contributed by atoms with Gasteiger partial charge in [0, 0.05) is 23.6 Å². The lowest BCUT2D eigenvalue weighted by molar-refractivity contribution is -0.115. The highest BCUT2D eigenvalue weighted by Gasteiger charge is 2.15. The summed E-state index contributed by atoms with van der Waals surface area (Å²) in [5.74, 6) is 1.18. The van der Waals surface area contributed by atoms with Gasteiger partial charge >= 0.3 is 0 Å². The van der Waals surface area contributed by atoms with Gasteiger partial charge in [-0.15, -0.1) is 0 Å². The number of methoxy groups -OCH3 is 1. The summed E-state index contributed by atoms with van der Waals surface area (Å²) in [5, 5.41) is 3.87. The molecule has 4 rings (SSSR count). The third-order valence-corrected chi connectivity index (χ3v) is 4.57. The van der Waals surface area contributed by atoms with Crippen LogP contribution in [0.2, 0.25) is 0 Å². The predicted molar refractivity (Wildman–Crippen MR) is 105 cm³/mol. The summed E-state index contributed by atoms with van der Waals surface area (Å²) in [4.78, 5) is 17.2. The van der Waals surface area contributed by atoms with Gasteiger partial charge in [-0.3, -0.25) is 10.1 Å². The molecule has 0 saturated heterocycles. The largest absolute Gasteiger partial charge is 0.497 e. The van der Waals surface area contributed by atoms with Crippen LogP contribution in [0.15, 0.2) is 53.1 Å². The molecule has 2 aromatic carbocycles. The molecule has 0 spiro atoms. The summed E-state index contributed by atoms with van der Waals surface area (Å²) in [5.41, 5.74) is 3.44. The number of aryl methyl sites for hydroxylation is 1. The van der Waals surface area contributed by atoms with E-state index >= 15 is 0 Å². The Kier molecular flexibility index (Phi) is 4.54. The molecule has 27 heavy (non-hydrogen) atoms. The fraction of sp³-hybridized carbons (Fsp3) is 0.238. The number of imidazole rings is 1. The van der Waals surface area contributed by atoms with E-state index in [9.17, 15) is 4.79 Å². The first-order chi connectivity index (χ1) is 13.2. The van der Waals surface area contributed by atoms with Gasteiger partial charge in [-0.1, -0.05) is 19.1 Å². The van der Waals surface area contributed by atoms with Crippen molar-refractivity contribution in [3.05, 3.63) is 54.3 Å². The molecule has 6 heteroatoms. The van der Waals surface area contributed by atoms with Crippen LogP contribution < -0.4 is 10.1 Å². The number of hydrogen-bond donors (Lipinski definition) is 1. The lowest BCUT2D eigenvalue weighted by atomic mass is 10.1. The van der Waals surface area contributed by atoms with Crippen LogP contribution in [0.1, 0.15) is 18.9 Å². The first-order valence-corrected chi connectivity index (χ1v) is 8.99. The highest BCUT2D eigenvalue weighted by molar-refractivity contribution is 5.95. The number of benzene rings is 2. The Hall–Kier alpha value is -3.28. The molecule has 0 atom stereocenters. The van der Waals surface area contributed by atoms with E-state index in [1.807, 2.05) is 47.0 Å². The Morgan fingerprint density at radius 3 is 2.93 bits per heavy atom. The Bertz CT molecular complexity index is 1110. The molecular formula is C21H21N3O3. The standard InChI is InChI=1S/C21H21N3O3/c1-3-10-24-18-7-5-4-6-17(18)22-21(24)23-20(25)11-14-13-27-19-12-15(26-2)8-9-16(14)19/h4-9,12-13H,3,10-11H2,1-2H3,(H,22,23,25). The maximum absolute atomic E-state index is 12.6. The molecule has 0 aliphatic rings. The van der Waals surface area contributed by atoms with E-state index in [0.717, 1.165) is 40.7 Å². The molecule has 0 aliphatic heterocycles. The van der Waals surface area contributed by atoms with Gasteiger partial charge in [0.05, 0.1) is 30.8 Å². The van der Waals surface area contributed by atoms with Crippen molar-refractivity contribution in [3.63, 3.8) is 0 Å². The first kappa shape index (κ1) is 17.1. The number of ether oxygens (including phenoxy) is 1. The molecule has 138 valence electrons. The molecule has 0 saturated carbocycles. The van der Waals surface area contributed by atoms with Gasteiger partial charge in [0.25, 0.3) is 0 Å². The Labute approximate surface area is 156 Å². The first-order valence-electron chi connectivity index (χ1n) is 8.99. The van der Waals surface area contributed by atoms with Gasteiger partial charge in [0.2, 0.25) is 11.9 Å². The van der Waals surface area contributed by atoms with Crippen LogP contribution in [0, 0.1) is 0 Å². The average Bonchev–Trinajstić information content (AvgIpc) is 3.23. The smallest absolute Gasteiger partial charge is 0.231 e. The van der Waals surface area contributed by atoms with Gasteiger partial charge in [0.15, 0.2) is 0 Å². The number of fused-ring (bicyclic) bond motifs is 2. The van der Waals surface area contributed by atoms with Crippen molar-refractivity contribution in [2.45, 2.75) is 26.3 Å². The van der Waals surface area contributed by atoms with Crippen LogP contribution in [-0.4, -0.2) is 22.6 Å². The highest BCUT2D eigenvalue weighted by atomic mass is 16.5. The second kappa shape index (κ2) is 7.15. The Morgan fingerprint density at radius 2 is 2.11 bits per heavy atom. The zero-order valence-electron chi connectivity index (χ0n) is 15.4. The van der Waals surface area contributed by atoms with Crippen molar-refractivity contribution >= 4 is 33.9 Å². The number of aromatic nitrogens is 2. The van der Waals surface area contributed by atoms with Crippen molar-refractivity contribution < 1.29 is 13.9 Å². The summed E-state index contributed by atoms with van der Waals surface area (Å²) in [7, 11) is 1.61. The SMILES string of the molecule is CCCn1c(NC(=O)Cc2coc3cc(OC)ccc23)nc2ccccc21. The average molecular weight is 363 g/mol. The monoisotopic (exact) mass is 363 g/mol. The lowest BCUT2D eigenvalue weighted by Crippen LogP contribution is -2.17. The highest BCUT2D eigenvalue weighted by Crippen LogP contribution is 2.26. The lowest BCUT2D eigenvalue weighted by Gasteiger charge is -2.08. The quantitative estimate of drug-likeness (QED) is 0.552. The van der Waals surface area contributed by atoms with Crippen molar-refractivity contribution in [2.75, 3.05) is 12.4 Å². The summed E-state index contributed by atoms with van der Waals surface area (Å²) >= 11 is 0. The second-order valence-corrected chi connectivity index (χ2v) is 6.42. The molecule has 1 N–H and O–H groups in total. The van der Waals surface area contributed by atoms with Crippen LogP contribution in [0.25, 0.3) is 22.0 Å². The van der Waals surface area contributed by atoms with Crippen LogP contribution in [-0.2, 0) is 17.8 Å². The Morgan fingerprint density at radius 1 is 1.26 bits per heavy atom. The molecule has 4 aromatic rings. The molecule has 0 bridgehead atoms. The van der Waals surface area contributed by atoms with E-state index in [1.165, 1.54) is 0 Å². The number of nitrogens with zero attached hydrogens (tertiary/aromatic N) is 2. The van der Waals surface area contributed by atoms with Crippen molar-refractivity contribution in [1.82, 2.24) is 9.55 Å². The van der Waals surface area contributed by atoms with Crippen molar-refractivity contribution in [1.29, 1.82) is 0 Å². The van der Waals surface area contributed by atoms with Gasteiger partial charge in [-0.2, -0.15) is 0 Å². The van der Waals surface area contributed by atoms with Crippen LogP contribution in [0.5, 0.6) is 5.75 Å². The topological polar surface area (TPSA) is 69.3 Å². The number of amides is 1. The molecule has 0 radical (unpaired) electrons. The maximum atomic E-state index is 12.6. The normalized spacial score (nSPS) is 11.2. The summed E-state index contributed by atoms with van der Waals surface area (Å²) in [6.45, 7) is 2.90. The fourth-order valence-electron chi connectivity index (χ4n) is 3.29. The molecule has 0 unspecified atom stereocenters. The summed E-state index contributed by atoms with van der Waals surface area (Å²) < 4.78 is 12.8. The number of hydrogen-bond acceptors (Lipinski definition) is 4. The number of carbonyl (C=O) groups is 1. The predicted octanol–water partition coefficient (Wildman–Crippen LogP) is 4.38. The number of furan rings is 1. The van der Waals surface area contributed by atoms with Gasteiger partial charge in [0.1, 0.15) is 11.3 Å². The summed E-state index contributed by atoms with van der Waals surface area (Å²) in [6.07, 6.45) is 2.80. The Balaban J connectivity index is 1.58.